The Hall–Kier alpha value is -0.610. The molecule has 4 nitrogen and oxygen atoms in total. The van der Waals surface area contributed by atoms with Crippen molar-refractivity contribution in [3.63, 3.8) is 0 Å². The molecule has 2 saturated heterocycles. The van der Waals surface area contributed by atoms with E-state index in [1.807, 2.05) is 0 Å². The summed E-state index contributed by atoms with van der Waals surface area (Å²) in [5.74, 6) is 0.191. The maximum absolute atomic E-state index is 11.4. The number of carbonyl (C=O) groups is 1. The molecule has 2 fully saturated rings. The predicted octanol–water partition coefficient (Wildman–Crippen LogP) is 1.07. The van der Waals surface area contributed by atoms with Crippen molar-refractivity contribution < 1.29 is 14.6 Å². The zero-order valence-corrected chi connectivity index (χ0v) is 10.1. The smallest absolute Gasteiger partial charge is 0.313 e. The molecule has 92 valence electrons. The summed E-state index contributed by atoms with van der Waals surface area (Å²) in [5.41, 5.74) is -0.614. The lowest BCUT2D eigenvalue weighted by atomic mass is 9.81. The number of aliphatic carboxylic acids is 1. The molecule has 2 heterocycles. The Labute approximate surface area is 96.6 Å². The summed E-state index contributed by atoms with van der Waals surface area (Å²) >= 11 is 0. The van der Waals surface area contributed by atoms with Gasteiger partial charge in [0.05, 0.1) is 13.2 Å². The van der Waals surface area contributed by atoms with Crippen molar-refractivity contribution in [3.05, 3.63) is 0 Å². The van der Waals surface area contributed by atoms with Gasteiger partial charge in [-0.2, -0.15) is 0 Å². The lowest BCUT2D eigenvalue weighted by molar-refractivity contribution is -0.149. The summed E-state index contributed by atoms with van der Waals surface area (Å²) in [4.78, 5) is 13.7. The van der Waals surface area contributed by atoms with Gasteiger partial charge < -0.3 is 14.7 Å². The Balaban J connectivity index is 1.97. The Morgan fingerprint density at radius 2 is 2.38 bits per heavy atom. The van der Waals surface area contributed by atoms with Gasteiger partial charge in [0.2, 0.25) is 0 Å². The van der Waals surface area contributed by atoms with Gasteiger partial charge in [-0.15, -0.1) is 0 Å². The normalized spacial score (nSPS) is 34.6. The van der Waals surface area contributed by atoms with E-state index in [4.69, 9.17) is 4.74 Å². The van der Waals surface area contributed by atoms with Crippen molar-refractivity contribution in [2.75, 3.05) is 32.8 Å². The Kier molecular flexibility index (Phi) is 3.22. The molecule has 0 aromatic rings. The van der Waals surface area contributed by atoms with Crippen molar-refractivity contribution in [1.82, 2.24) is 4.90 Å². The van der Waals surface area contributed by atoms with Crippen LogP contribution in [-0.4, -0.2) is 48.8 Å². The van der Waals surface area contributed by atoms with E-state index < -0.39 is 11.4 Å². The average Bonchev–Trinajstić information content (AvgIpc) is 2.70. The highest BCUT2D eigenvalue weighted by atomic mass is 16.5. The van der Waals surface area contributed by atoms with E-state index in [1.165, 1.54) is 0 Å². The van der Waals surface area contributed by atoms with Gasteiger partial charge in [-0.05, 0) is 18.9 Å². The van der Waals surface area contributed by atoms with Gasteiger partial charge >= 0.3 is 5.97 Å². The fraction of sp³-hybridized carbons (Fsp3) is 0.917. The summed E-state index contributed by atoms with van der Waals surface area (Å²) in [6.07, 6.45) is 1.14. The monoisotopic (exact) mass is 227 g/mol. The summed E-state index contributed by atoms with van der Waals surface area (Å²) < 4.78 is 5.34. The van der Waals surface area contributed by atoms with Crippen LogP contribution < -0.4 is 0 Å². The number of hydrogen-bond donors (Lipinski definition) is 1. The van der Waals surface area contributed by atoms with Gasteiger partial charge in [0.25, 0.3) is 0 Å². The largest absolute Gasteiger partial charge is 0.481 e. The van der Waals surface area contributed by atoms with Crippen LogP contribution >= 0.6 is 0 Å². The first-order valence-electron chi connectivity index (χ1n) is 6.08. The van der Waals surface area contributed by atoms with Gasteiger partial charge in [0.1, 0.15) is 5.41 Å². The standard InChI is InChI=1S/C12H21NO3/c1-9(2)3-4-13-5-10-6-16-8-12(10,7-13)11(14)15/h9-10H,3-8H2,1-2H3,(H,14,15)/t10-,12-/m1/s1. The molecule has 0 saturated carbocycles. The first kappa shape index (κ1) is 11.9. The summed E-state index contributed by atoms with van der Waals surface area (Å²) in [6.45, 7) is 7.98. The zero-order valence-electron chi connectivity index (χ0n) is 10.1. The number of nitrogens with zero attached hydrogens (tertiary/aromatic N) is 1. The average molecular weight is 227 g/mol. The molecule has 16 heavy (non-hydrogen) atoms. The minimum atomic E-state index is -0.679. The molecule has 0 bridgehead atoms. The lowest BCUT2D eigenvalue weighted by Crippen LogP contribution is -2.39. The molecule has 0 spiro atoms. The summed E-state index contributed by atoms with van der Waals surface area (Å²) in [5, 5.41) is 9.36. The predicted molar refractivity (Wildman–Crippen MR) is 60.3 cm³/mol. The summed E-state index contributed by atoms with van der Waals surface area (Å²) in [7, 11) is 0. The van der Waals surface area contributed by atoms with E-state index in [-0.39, 0.29) is 5.92 Å². The molecule has 2 rings (SSSR count). The summed E-state index contributed by atoms with van der Waals surface area (Å²) in [6, 6.07) is 0. The zero-order chi connectivity index (χ0) is 11.8. The number of ether oxygens (including phenoxy) is 1. The van der Waals surface area contributed by atoms with Gasteiger partial charge in [-0.3, -0.25) is 4.79 Å². The number of likely N-dealkylation sites (tertiary alicyclic amines) is 1. The Morgan fingerprint density at radius 1 is 1.62 bits per heavy atom. The second-order valence-corrected chi connectivity index (χ2v) is 5.59. The minimum absolute atomic E-state index is 0.192. The van der Waals surface area contributed by atoms with Crippen molar-refractivity contribution in [2.24, 2.45) is 17.3 Å². The van der Waals surface area contributed by atoms with Crippen molar-refractivity contribution >= 4 is 5.97 Å². The van der Waals surface area contributed by atoms with Crippen LogP contribution in [0.4, 0.5) is 0 Å². The third-order valence-electron chi connectivity index (χ3n) is 3.89. The number of hydrogen-bond acceptors (Lipinski definition) is 3. The maximum Gasteiger partial charge on any atom is 0.313 e. The molecule has 1 N–H and O–H groups in total. The number of rotatable bonds is 4. The molecular formula is C12H21NO3. The molecule has 0 unspecified atom stereocenters. The molecule has 2 aliphatic heterocycles. The van der Waals surface area contributed by atoms with E-state index in [0.717, 1.165) is 19.5 Å². The number of fused-ring (bicyclic) bond motifs is 1. The molecule has 4 heteroatoms. The van der Waals surface area contributed by atoms with Crippen LogP contribution in [0, 0.1) is 17.3 Å². The maximum atomic E-state index is 11.4. The van der Waals surface area contributed by atoms with E-state index >= 15 is 0 Å². The molecule has 0 aliphatic carbocycles. The quantitative estimate of drug-likeness (QED) is 0.780. The van der Waals surface area contributed by atoms with Crippen molar-refractivity contribution in [1.29, 1.82) is 0 Å². The van der Waals surface area contributed by atoms with Gasteiger partial charge in [0.15, 0.2) is 0 Å². The highest BCUT2D eigenvalue weighted by Crippen LogP contribution is 2.41. The Bertz CT molecular complexity index is 279. The van der Waals surface area contributed by atoms with Gasteiger partial charge in [-0.25, -0.2) is 0 Å². The van der Waals surface area contributed by atoms with E-state index in [9.17, 15) is 9.90 Å². The molecule has 0 aromatic carbocycles. The topological polar surface area (TPSA) is 49.8 Å². The Morgan fingerprint density at radius 3 is 2.94 bits per heavy atom. The minimum Gasteiger partial charge on any atom is -0.481 e. The van der Waals surface area contributed by atoms with Crippen LogP contribution in [0.15, 0.2) is 0 Å². The molecule has 0 aromatic heterocycles. The first-order chi connectivity index (χ1) is 7.54. The first-order valence-corrected chi connectivity index (χ1v) is 6.08. The van der Waals surface area contributed by atoms with Gasteiger partial charge in [-0.1, -0.05) is 13.8 Å². The van der Waals surface area contributed by atoms with Crippen molar-refractivity contribution in [2.45, 2.75) is 20.3 Å². The number of carboxylic acid groups (broad SMARTS) is 1. The fourth-order valence-corrected chi connectivity index (χ4v) is 2.75. The van der Waals surface area contributed by atoms with Crippen LogP contribution in [0.5, 0.6) is 0 Å². The lowest BCUT2D eigenvalue weighted by Gasteiger charge is -2.22. The SMILES string of the molecule is CC(C)CCN1C[C@@H]2COC[C@]2(C(=O)O)C1. The van der Waals surface area contributed by atoms with Crippen LogP contribution in [-0.2, 0) is 9.53 Å². The van der Waals surface area contributed by atoms with Gasteiger partial charge in [0, 0.05) is 19.0 Å². The molecule has 0 amide bonds. The van der Waals surface area contributed by atoms with Crippen molar-refractivity contribution in [3.8, 4) is 0 Å². The molecule has 2 atom stereocenters. The molecular weight excluding hydrogens is 206 g/mol. The third kappa shape index (κ3) is 1.96. The van der Waals surface area contributed by atoms with Crippen LogP contribution in [0.1, 0.15) is 20.3 Å². The fourth-order valence-electron chi connectivity index (χ4n) is 2.75. The van der Waals surface area contributed by atoms with E-state index in [0.29, 0.717) is 25.7 Å². The van der Waals surface area contributed by atoms with E-state index in [1.54, 1.807) is 0 Å². The van der Waals surface area contributed by atoms with Crippen LogP contribution in [0.3, 0.4) is 0 Å². The third-order valence-corrected chi connectivity index (χ3v) is 3.89. The van der Waals surface area contributed by atoms with E-state index in [2.05, 4.69) is 18.7 Å². The highest BCUT2D eigenvalue weighted by molar-refractivity contribution is 5.76. The highest BCUT2D eigenvalue weighted by Gasteiger charge is 2.55. The molecule has 0 radical (unpaired) electrons. The molecule has 2 aliphatic rings. The van der Waals surface area contributed by atoms with Crippen LogP contribution in [0.2, 0.25) is 0 Å². The number of carboxylic acids is 1. The van der Waals surface area contributed by atoms with Crippen LogP contribution in [0.25, 0.3) is 0 Å². The second-order valence-electron chi connectivity index (χ2n) is 5.59. The second kappa shape index (κ2) is 4.34.